The van der Waals surface area contributed by atoms with Crippen LogP contribution < -0.4 is 4.74 Å². The van der Waals surface area contributed by atoms with Gasteiger partial charge in [-0.3, -0.25) is 9.59 Å². The molecule has 0 spiro atoms. The average Bonchev–Trinajstić information content (AvgIpc) is 2.67. The average molecular weight is 379 g/mol. The Bertz CT molecular complexity index is 614. The van der Waals surface area contributed by atoms with Crippen LogP contribution in [0.1, 0.15) is 31.9 Å². The number of likely N-dealkylation sites (N-methyl/N-ethyl adjacent to an activating group) is 1. The lowest BCUT2D eigenvalue weighted by Gasteiger charge is -2.28. The molecule has 1 aromatic carbocycles. The number of aryl methyl sites for hydroxylation is 1. The van der Waals surface area contributed by atoms with Crippen molar-refractivity contribution in [3.8, 4) is 5.75 Å². The molecule has 1 rings (SSSR count). The summed E-state index contributed by atoms with van der Waals surface area (Å²) in [6.45, 7) is 13.4. The molecule has 27 heavy (non-hydrogen) atoms. The monoisotopic (exact) mass is 378 g/mol. The van der Waals surface area contributed by atoms with Crippen LogP contribution in [0, 0.1) is 19.8 Å². The minimum atomic E-state index is -0.378. The number of nitrogens with zero attached hydrogens (tertiary/aromatic N) is 2. The summed E-state index contributed by atoms with van der Waals surface area (Å²) in [5, 5.41) is 0. The SMILES string of the molecule is CCN(CC)CCN(CC(C)C(=O)OC)C(=O)COc1cccc(C)c1C. The minimum Gasteiger partial charge on any atom is -0.483 e. The molecule has 1 amide bonds. The largest absolute Gasteiger partial charge is 0.483 e. The van der Waals surface area contributed by atoms with Gasteiger partial charge < -0.3 is 19.3 Å². The summed E-state index contributed by atoms with van der Waals surface area (Å²) in [6, 6.07) is 5.80. The maximum Gasteiger partial charge on any atom is 0.310 e. The van der Waals surface area contributed by atoms with Crippen molar-refractivity contribution < 1.29 is 19.1 Å². The van der Waals surface area contributed by atoms with Gasteiger partial charge in [0.1, 0.15) is 5.75 Å². The highest BCUT2D eigenvalue weighted by atomic mass is 16.5. The van der Waals surface area contributed by atoms with Crippen LogP contribution in [0.5, 0.6) is 5.75 Å². The molecule has 6 nitrogen and oxygen atoms in total. The molecular weight excluding hydrogens is 344 g/mol. The predicted octanol–water partition coefficient (Wildman–Crippen LogP) is 2.66. The molecule has 152 valence electrons. The van der Waals surface area contributed by atoms with Gasteiger partial charge in [-0.2, -0.15) is 0 Å². The fraction of sp³-hybridized carbons (Fsp3) is 0.619. The van der Waals surface area contributed by atoms with E-state index < -0.39 is 0 Å². The highest BCUT2D eigenvalue weighted by molar-refractivity contribution is 5.79. The second kappa shape index (κ2) is 11.6. The molecule has 0 fully saturated rings. The van der Waals surface area contributed by atoms with E-state index in [2.05, 4.69) is 18.7 Å². The second-order valence-corrected chi connectivity index (χ2v) is 6.78. The molecular formula is C21H34N2O4. The maximum atomic E-state index is 12.8. The van der Waals surface area contributed by atoms with Gasteiger partial charge >= 0.3 is 5.97 Å². The molecule has 0 aliphatic carbocycles. The molecule has 0 bridgehead atoms. The van der Waals surface area contributed by atoms with E-state index >= 15 is 0 Å². The Morgan fingerprint density at radius 3 is 2.37 bits per heavy atom. The zero-order valence-electron chi connectivity index (χ0n) is 17.6. The Kier molecular flexibility index (Phi) is 9.86. The van der Waals surface area contributed by atoms with Gasteiger partial charge in [0.15, 0.2) is 6.61 Å². The summed E-state index contributed by atoms with van der Waals surface area (Å²) in [5.41, 5.74) is 2.15. The molecule has 0 saturated carbocycles. The first-order valence-corrected chi connectivity index (χ1v) is 9.60. The van der Waals surface area contributed by atoms with Gasteiger partial charge in [0.25, 0.3) is 5.91 Å². The fourth-order valence-electron chi connectivity index (χ4n) is 2.84. The molecule has 0 aliphatic rings. The number of amides is 1. The third kappa shape index (κ3) is 7.21. The standard InChI is InChI=1S/C21H34N2O4/c1-7-22(8-2)12-13-23(14-17(4)21(25)26-6)20(24)15-27-19-11-9-10-16(3)18(19)5/h9-11,17H,7-8,12-15H2,1-6H3. The first-order chi connectivity index (χ1) is 12.8. The maximum absolute atomic E-state index is 12.8. The van der Waals surface area contributed by atoms with Crippen molar-refractivity contribution in [2.75, 3.05) is 46.4 Å². The quantitative estimate of drug-likeness (QED) is 0.554. The lowest BCUT2D eigenvalue weighted by molar-refractivity contribution is -0.146. The van der Waals surface area contributed by atoms with Crippen molar-refractivity contribution in [3.05, 3.63) is 29.3 Å². The first-order valence-electron chi connectivity index (χ1n) is 9.60. The third-order valence-electron chi connectivity index (χ3n) is 4.94. The number of hydrogen-bond donors (Lipinski definition) is 0. The van der Waals surface area contributed by atoms with Crippen LogP contribution in [0.15, 0.2) is 18.2 Å². The van der Waals surface area contributed by atoms with E-state index in [1.54, 1.807) is 11.8 Å². The number of methoxy groups -OCH3 is 1. The van der Waals surface area contributed by atoms with E-state index in [9.17, 15) is 9.59 Å². The highest BCUT2D eigenvalue weighted by Gasteiger charge is 2.22. The van der Waals surface area contributed by atoms with Gasteiger partial charge in [0.05, 0.1) is 13.0 Å². The van der Waals surface area contributed by atoms with Crippen LogP contribution in [0.3, 0.4) is 0 Å². The zero-order valence-corrected chi connectivity index (χ0v) is 17.6. The van der Waals surface area contributed by atoms with Crippen LogP contribution >= 0.6 is 0 Å². The van der Waals surface area contributed by atoms with Crippen molar-refractivity contribution in [1.29, 1.82) is 0 Å². The summed E-state index contributed by atoms with van der Waals surface area (Å²) in [5.74, 6) is -0.102. The van der Waals surface area contributed by atoms with E-state index in [4.69, 9.17) is 9.47 Å². The topological polar surface area (TPSA) is 59.1 Å². The van der Waals surface area contributed by atoms with Crippen LogP contribution in [-0.2, 0) is 14.3 Å². The lowest BCUT2D eigenvalue weighted by atomic mass is 10.1. The van der Waals surface area contributed by atoms with Gasteiger partial charge in [-0.15, -0.1) is 0 Å². The van der Waals surface area contributed by atoms with Crippen molar-refractivity contribution in [1.82, 2.24) is 9.80 Å². The van der Waals surface area contributed by atoms with Crippen molar-refractivity contribution in [2.24, 2.45) is 5.92 Å². The number of ether oxygens (including phenoxy) is 2. The molecule has 0 N–H and O–H groups in total. The Balaban J connectivity index is 2.77. The molecule has 0 radical (unpaired) electrons. The summed E-state index contributed by atoms with van der Waals surface area (Å²) in [6.07, 6.45) is 0. The van der Waals surface area contributed by atoms with Gasteiger partial charge in [-0.25, -0.2) is 0 Å². The summed E-state index contributed by atoms with van der Waals surface area (Å²) < 4.78 is 10.6. The van der Waals surface area contributed by atoms with E-state index in [-0.39, 0.29) is 24.4 Å². The Morgan fingerprint density at radius 2 is 1.78 bits per heavy atom. The number of carbonyl (C=O) groups is 2. The van der Waals surface area contributed by atoms with E-state index in [1.807, 2.05) is 32.0 Å². The molecule has 6 heteroatoms. The molecule has 0 heterocycles. The van der Waals surface area contributed by atoms with Gasteiger partial charge in [-0.05, 0) is 44.1 Å². The third-order valence-corrected chi connectivity index (χ3v) is 4.94. The smallest absolute Gasteiger partial charge is 0.310 e. The predicted molar refractivity (Wildman–Crippen MR) is 107 cm³/mol. The second-order valence-electron chi connectivity index (χ2n) is 6.78. The summed E-state index contributed by atoms with van der Waals surface area (Å²) in [7, 11) is 1.37. The van der Waals surface area contributed by atoms with Crippen LogP contribution in [0.2, 0.25) is 0 Å². The number of carbonyl (C=O) groups excluding carboxylic acids is 2. The molecule has 1 atom stereocenters. The Hall–Kier alpha value is -2.08. The molecule has 0 aliphatic heterocycles. The molecule has 1 unspecified atom stereocenters. The van der Waals surface area contributed by atoms with Crippen LogP contribution in [0.4, 0.5) is 0 Å². The van der Waals surface area contributed by atoms with E-state index in [0.29, 0.717) is 18.8 Å². The number of benzene rings is 1. The van der Waals surface area contributed by atoms with Gasteiger partial charge in [-0.1, -0.05) is 32.9 Å². The van der Waals surface area contributed by atoms with Crippen LogP contribution in [-0.4, -0.2) is 68.1 Å². The van der Waals surface area contributed by atoms with E-state index in [0.717, 1.165) is 30.8 Å². The summed E-state index contributed by atoms with van der Waals surface area (Å²) >= 11 is 0. The van der Waals surface area contributed by atoms with Gasteiger partial charge in [0, 0.05) is 19.6 Å². The Morgan fingerprint density at radius 1 is 1.11 bits per heavy atom. The number of esters is 1. The van der Waals surface area contributed by atoms with Crippen LogP contribution in [0.25, 0.3) is 0 Å². The zero-order chi connectivity index (χ0) is 20.4. The number of hydrogen-bond acceptors (Lipinski definition) is 5. The molecule has 0 aromatic heterocycles. The van der Waals surface area contributed by atoms with E-state index in [1.165, 1.54) is 7.11 Å². The lowest BCUT2D eigenvalue weighted by Crippen LogP contribution is -2.44. The van der Waals surface area contributed by atoms with Crippen molar-refractivity contribution >= 4 is 11.9 Å². The van der Waals surface area contributed by atoms with Crippen molar-refractivity contribution in [2.45, 2.75) is 34.6 Å². The molecule has 0 saturated heterocycles. The summed E-state index contributed by atoms with van der Waals surface area (Å²) in [4.78, 5) is 28.5. The normalized spacial score (nSPS) is 12.0. The van der Waals surface area contributed by atoms with Gasteiger partial charge in [0.2, 0.25) is 0 Å². The molecule has 1 aromatic rings. The van der Waals surface area contributed by atoms with Crippen molar-refractivity contribution in [3.63, 3.8) is 0 Å². The first kappa shape index (κ1) is 23.0. The number of rotatable bonds is 11. The fourth-order valence-corrected chi connectivity index (χ4v) is 2.84. The Labute approximate surface area is 163 Å². The minimum absolute atomic E-state index is 0.0452. The highest BCUT2D eigenvalue weighted by Crippen LogP contribution is 2.20.